The molecule has 0 aromatic rings. The molecule has 2 rings (SSSR count). The normalized spacial score (nSPS) is 28.5. The molecular weight excluding hydrogens is 224 g/mol. The molecule has 18 heavy (non-hydrogen) atoms. The molecule has 3 nitrogen and oxygen atoms in total. The fraction of sp³-hybridized carbons (Fsp3) is 1.00. The molecule has 2 saturated heterocycles. The summed E-state index contributed by atoms with van der Waals surface area (Å²) in [4.78, 5) is 2.56. The molecule has 1 N–H and O–H groups in total. The van der Waals surface area contributed by atoms with Crippen LogP contribution in [0.25, 0.3) is 0 Å². The van der Waals surface area contributed by atoms with Gasteiger partial charge in [-0.05, 0) is 63.6 Å². The van der Waals surface area contributed by atoms with E-state index in [0.717, 1.165) is 19.1 Å². The minimum Gasteiger partial charge on any atom is -0.381 e. The quantitative estimate of drug-likeness (QED) is 0.813. The first kappa shape index (κ1) is 14.3. The third kappa shape index (κ3) is 3.94. The van der Waals surface area contributed by atoms with Crippen molar-refractivity contribution < 1.29 is 4.74 Å². The van der Waals surface area contributed by atoms with E-state index in [1.165, 1.54) is 58.3 Å². The van der Waals surface area contributed by atoms with Crippen LogP contribution in [-0.2, 0) is 4.74 Å². The van der Waals surface area contributed by atoms with Gasteiger partial charge in [-0.2, -0.15) is 0 Å². The van der Waals surface area contributed by atoms with Gasteiger partial charge < -0.3 is 15.0 Å². The van der Waals surface area contributed by atoms with Crippen LogP contribution in [0.3, 0.4) is 0 Å². The summed E-state index contributed by atoms with van der Waals surface area (Å²) in [6.45, 7) is 9.21. The van der Waals surface area contributed by atoms with E-state index in [4.69, 9.17) is 4.74 Å². The first-order valence-electron chi connectivity index (χ1n) is 7.71. The smallest absolute Gasteiger partial charge is 0.0506 e. The average Bonchev–Trinajstić information content (AvgIpc) is 2.41. The summed E-state index contributed by atoms with van der Waals surface area (Å²) in [6, 6.07) is 0. The number of ether oxygens (including phenoxy) is 1. The van der Waals surface area contributed by atoms with Gasteiger partial charge in [0.15, 0.2) is 0 Å². The van der Waals surface area contributed by atoms with Gasteiger partial charge in [0.05, 0.1) is 6.61 Å². The van der Waals surface area contributed by atoms with Gasteiger partial charge in [0, 0.05) is 19.7 Å². The van der Waals surface area contributed by atoms with E-state index in [1.807, 2.05) is 0 Å². The van der Waals surface area contributed by atoms with E-state index >= 15 is 0 Å². The fourth-order valence-corrected chi connectivity index (χ4v) is 3.61. The first-order chi connectivity index (χ1) is 8.74. The van der Waals surface area contributed by atoms with Crippen LogP contribution in [0.2, 0.25) is 0 Å². The highest BCUT2D eigenvalue weighted by molar-refractivity contribution is 4.86. The van der Waals surface area contributed by atoms with Gasteiger partial charge in [-0.1, -0.05) is 6.92 Å². The molecule has 3 heteroatoms. The van der Waals surface area contributed by atoms with Crippen molar-refractivity contribution in [3.8, 4) is 0 Å². The zero-order valence-electron chi connectivity index (χ0n) is 12.2. The molecule has 2 aliphatic heterocycles. The number of piperidine rings is 1. The number of rotatable bonds is 5. The second-order valence-corrected chi connectivity index (χ2v) is 6.38. The van der Waals surface area contributed by atoms with Crippen LogP contribution in [0.1, 0.15) is 39.0 Å². The van der Waals surface area contributed by atoms with Crippen molar-refractivity contribution in [3.63, 3.8) is 0 Å². The van der Waals surface area contributed by atoms with Gasteiger partial charge in [-0.15, -0.1) is 0 Å². The van der Waals surface area contributed by atoms with E-state index in [2.05, 4.69) is 24.2 Å². The highest BCUT2D eigenvalue weighted by Gasteiger charge is 2.31. The molecule has 0 radical (unpaired) electrons. The molecule has 0 saturated carbocycles. The lowest BCUT2D eigenvalue weighted by Gasteiger charge is -2.41. The topological polar surface area (TPSA) is 24.5 Å². The van der Waals surface area contributed by atoms with E-state index in [9.17, 15) is 0 Å². The first-order valence-corrected chi connectivity index (χ1v) is 7.71. The Morgan fingerprint density at radius 2 is 2.11 bits per heavy atom. The summed E-state index contributed by atoms with van der Waals surface area (Å²) < 4.78 is 5.59. The number of hydrogen-bond donors (Lipinski definition) is 1. The molecule has 106 valence electrons. The van der Waals surface area contributed by atoms with Crippen molar-refractivity contribution in [3.05, 3.63) is 0 Å². The SMILES string of the molecule is CCC1(CN(C)CC2CCCOC2)CCNCC1. The molecule has 0 aromatic heterocycles. The highest BCUT2D eigenvalue weighted by atomic mass is 16.5. The predicted octanol–water partition coefficient (Wildman–Crippen LogP) is 2.12. The minimum atomic E-state index is 0.565. The lowest BCUT2D eigenvalue weighted by molar-refractivity contribution is 0.0316. The largest absolute Gasteiger partial charge is 0.381 e. The van der Waals surface area contributed by atoms with Gasteiger partial charge >= 0.3 is 0 Å². The fourth-order valence-electron chi connectivity index (χ4n) is 3.61. The Morgan fingerprint density at radius 1 is 1.33 bits per heavy atom. The maximum Gasteiger partial charge on any atom is 0.0506 e. The Hall–Kier alpha value is -0.120. The third-order valence-electron chi connectivity index (χ3n) is 4.84. The summed E-state index contributed by atoms with van der Waals surface area (Å²) in [5.74, 6) is 0.763. The molecule has 2 heterocycles. The second-order valence-electron chi connectivity index (χ2n) is 6.38. The molecule has 0 amide bonds. The Labute approximate surface area is 112 Å². The monoisotopic (exact) mass is 254 g/mol. The lowest BCUT2D eigenvalue weighted by Crippen LogP contribution is -2.45. The molecule has 0 aromatic carbocycles. The van der Waals surface area contributed by atoms with Crippen molar-refractivity contribution in [2.45, 2.75) is 39.0 Å². The second kappa shape index (κ2) is 6.88. The van der Waals surface area contributed by atoms with Crippen LogP contribution in [0.5, 0.6) is 0 Å². The molecule has 2 aliphatic rings. The van der Waals surface area contributed by atoms with E-state index in [0.29, 0.717) is 5.41 Å². The third-order valence-corrected chi connectivity index (χ3v) is 4.84. The molecular formula is C15H30N2O. The zero-order valence-corrected chi connectivity index (χ0v) is 12.2. The molecule has 0 spiro atoms. The lowest BCUT2D eigenvalue weighted by atomic mass is 9.76. The van der Waals surface area contributed by atoms with Crippen LogP contribution >= 0.6 is 0 Å². The maximum absolute atomic E-state index is 5.59. The van der Waals surface area contributed by atoms with E-state index in [-0.39, 0.29) is 0 Å². The van der Waals surface area contributed by atoms with E-state index in [1.54, 1.807) is 0 Å². The van der Waals surface area contributed by atoms with Crippen LogP contribution in [0, 0.1) is 11.3 Å². The highest BCUT2D eigenvalue weighted by Crippen LogP contribution is 2.33. The standard InChI is InChI=1S/C15H30N2O/c1-3-15(6-8-16-9-7-15)13-17(2)11-14-5-4-10-18-12-14/h14,16H,3-13H2,1-2H3. The predicted molar refractivity (Wildman–Crippen MR) is 75.9 cm³/mol. The van der Waals surface area contributed by atoms with Crippen LogP contribution in [0.15, 0.2) is 0 Å². The zero-order chi connectivity index (χ0) is 12.8. The molecule has 1 atom stereocenters. The minimum absolute atomic E-state index is 0.565. The Kier molecular flexibility index (Phi) is 5.46. The van der Waals surface area contributed by atoms with Gasteiger partial charge in [0.1, 0.15) is 0 Å². The summed E-state index contributed by atoms with van der Waals surface area (Å²) in [6.07, 6.45) is 6.61. The van der Waals surface area contributed by atoms with Gasteiger partial charge in [-0.3, -0.25) is 0 Å². The van der Waals surface area contributed by atoms with Crippen LogP contribution in [0.4, 0.5) is 0 Å². The summed E-state index contributed by atoms with van der Waals surface area (Å²) in [5.41, 5.74) is 0.565. The average molecular weight is 254 g/mol. The van der Waals surface area contributed by atoms with Crippen LogP contribution in [-0.4, -0.2) is 51.3 Å². The number of hydrogen-bond acceptors (Lipinski definition) is 3. The van der Waals surface area contributed by atoms with Gasteiger partial charge in [-0.25, -0.2) is 0 Å². The van der Waals surface area contributed by atoms with Crippen molar-refractivity contribution in [2.24, 2.45) is 11.3 Å². The van der Waals surface area contributed by atoms with E-state index < -0.39 is 0 Å². The van der Waals surface area contributed by atoms with Crippen molar-refractivity contribution in [2.75, 3.05) is 46.4 Å². The molecule has 0 bridgehead atoms. The van der Waals surface area contributed by atoms with Crippen LogP contribution < -0.4 is 5.32 Å². The summed E-state index contributed by atoms with van der Waals surface area (Å²) >= 11 is 0. The Balaban J connectivity index is 1.78. The molecule has 0 aliphatic carbocycles. The molecule has 1 unspecified atom stereocenters. The van der Waals surface area contributed by atoms with Crippen molar-refractivity contribution in [1.29, 1.82) is 0 Å². The van der Waals surface area contributed by atoms with Crippen molar-refractivity contribution >= 4 is 0 Å². The summed E-state index contributed by atoms with van der Waals surface area (Å²) in [7, 11) is 2.30. The van der Waals surface area contributed by atoms with Crippen molar-refractivity contribution in [1.82, 2.24) is 10.2 Å². The van der Waals surface area contributed by atoms with Gasteiger partial charge in [0.25, 0.3) is 0 Å². The molecule has 2 fully saturated rings. The number of nitrogens with zero attached hydrogens (tertiary/aromatic N) is 1. The number of nitrogens with one attached hydrogen (secondary N) is 1. The Bertz CT molecular complexity index is 233. The Morgan fingerprint density at radius 3 is 2.72 bits per heavy atom. The summed E-state index contributed by atoms with van der Waals surface area (Å²) in [5, 5.41) is 3.49. The maximum atomic E-state index is 5.59. The van der Waals surface area contributed by atoms with Gasteiger partial charge in [0.2, 0.25) is 0 Å².